The second-order valence-corrected chi connectivity index (χ2v) is 4.02. The summed E-state index contributed by atoms with van der Waals surface area (Å²) in [5, 5.41) is 3.88. The molecule has 1 heterocycles. The molecule has 0 spiro atoms. The maximum absolute atomic E-state index is 13.0. The van der Waals surface area contributed by atoms with Gasteiger partial charge in [-0.05, 0) is 37.6 Å². The first-order valence-corrected chi connectivity index (χ1v) is 5.61. The Balaban J connectivity index is 2.08. The first-order chi connectivity index (χ1) is 9.04. The fraction of sp³-hybridized carbons (Fsp3) is 0.154. The molecule has 0 aliphatic heterocycles. The number of anilines is 1. The molecule has 2 rings (SSSR count). The molecular formula is C13H12F2N4. The summed E-state index contributed by atoms with van der Waals surface area (Å²) < 4.78 is 25.7. The highest BCUT2D eigenvalue weighted by molar-refractivity contribution is 5.79. The Morgan fingerprint density at radius 1 is 1.05 bits per heavy atom. The van der Waals surface area contributed by atoms with Crippen molar-refractivity contribution in [2.24, 2.45) is 5.10 Å². The van der Waals surface area contributed by atoms with E-state index >= 15 is 0 Å². The van der Waals surface area contributed by atoms with Crippen molar-refractivity contribution < 1.29 is 8.78 Å². The van der Waals surface area contributed by atoms with Crippen molar-refractivity contribution in [3.8, 4) is 0 Å². The van der Waals surface area contributed by atoms with Crippen LogP contribution < -0.4 is 5.43 Å². The zero-order valence-electron chi connectivity index (χ0n) is 10.5. The van der Waals surface area contributed by atoms with E-state index in [-0.39, 0.29) is 0 Å². The summed E-state index contributed by atoms with van der Waals surface area (Å²) in [5.41, 5.74) is 4.72. The van der Waals surface area contributed by atoms with Crippen molar-refractivity contribution in [3.05, 3.63) is 52.9 Å². The average Bonchev–Trinajstić information content (AvgIpc) is 2.32. The second kappa shape index (κ2) is 5.51. The third kappa shape index (κ3) is 3.54. The number of nitrogens with one attached hydrogen (secondary N) is 1. The smallest absolute Gasteiger partial charge is 0.243 e. The largest absolute Gasteiger partial charge is 0.245 e. The molecule has 4 nitrogen and oxygen atoms in total. The van der Waals surface area contributed by atoms with Gasteiger partial charge in [-0.3, -0.25) is 0 Å². The molecule has 1 N–H and O–H groups in total. The molecular weight excluding hydrogens is 250 g/mol. The zero-order valence-corrected chi connectivity index (χ0v) is 10.5. The first kappa shape index (κ1) is 13.1. The first-order valence-electron chi connectivity index (χ1n) is 5.61. The van der Waals surface area contributed by atoms with Gasteiger partial charge in [-0.25, -0.2) is 24.2 Å². The Bertz CT molecular complexity index is 606. The predicted molar refractivity (Wildman–Crippen MR) is 69.1 cm³/mol. The van der Waals surface area contributed by atoms with Gasteiger partial charge in [0.2, 0.25) is 5.95 Å². The molecule has 0 fully saturated rings. The quantitative estimate of drug-likeness (QED) is 0.683. The summed E-state index contributed by atoms with van der Waals surface area (Å²) in [6, 6.07) is 5.36. The number of aromatic nitrogens is 2. The van der Waals surface area contributed by atoms with Crippen molar-refractivity contribution in [2.45, 2.75) is 13.8 Å². The van der Waals surface area contributed by atoms with E-state index in [0.717, 1.165) is 23.5 Å². The molecule has 19 heavy (non-hydrogen) atoms. The molecule has 1 aromatic carbocycles. The molecule has 0 saturated heterocycles. The minimum Gasteiger partial charge on any atom is -0.245 e. The Labute approximate surface area is 109 Å². The highest BCUT2D eigenvalue weighted by atomic mass is 19.2. The number of aryl methyl sites for hydroxylation is 2. The van der Waals surface area contributed by atoms with Gasteiger partial charge in [-0.2, -0.15) is 5.10 Å². The SMILES string of the molecule is Cc1cc(C)nc(N/N=C\c2ccc(F)c(F)c2)n1. The van der Waals surface area contributed by atoms with E-state index in [4.69, 9.17) is 0 Å². The van der Waals surface area contributed by atoms with Crippen LogP contribution in [0.5, 0.6) is 0 Å². The number of hydrogen-bond acceptors (Lipinski definition) is 4. The van der Waals surface area contributed by atoms with Crippen LogP contribution in [0, 0.1) is 25.5 Å². The predicted octanol–water partition coefficient (Wildman–Crippen LogP) is 2.82. The molecule has 0 amide bonds. The number of halogens is 2. The van der Waals surface area contributed by atoms with Crippen molar-refractivity contribution in [1.82, 2.24) is 9.97 Å². The third-order valence-corrected chi connectivity index (χ3v) is 2.30. The summed E-state index contributed by atoms with van der Waals surface area (Å²) >= 11 is 0. The molecule has 98 valence electrons. The van der Waals surface area contributed by atoms with Crippen LogP contribution >= 0.6 is 0 Å². The molecule has 0 atom stereocenters. The van der Waals surface area contributed by atoms with E-state index in [0.29, 0.717) is 11.5 Å². The molecule has 6 heteroatoms. The Morgan fingerprint density at radius 2 is 1.74 bits per heavy atom. The normalized spacial score (nSPS) is 10.9. The maximum Gasteiger partial charge on any atom is 0.243 e. The minimum atomic E-state index is -0.911. The summed E-state index contributed by atoms with van der Waals surface area (Å²) in [6.45, 7) is 3.69. The fourth-order valence-electron chi connectivity index (χ4n) is 1.53. The number of rotatable bonds is 3. The summed E-state index contributed by atoms with van der Waals surface area (Å²) in [4.78, 5) is 8.25. The van der Waals surface area contributed by atoms with Crippen LogP contribution in [0.3, 0.4) is 0 Å². The number of nitrogens with zero attached hydrogens (tertiary/aromatic N) is 3. The van der Waals surface area contributed by atoms with Crippen molar-refractivity contribution in [1.29, 1.82) is 0 Å². The number of benzene rings is 1. The van der Waals surface area contributed by atoms with Crippen molar-refractivity contribution in [2.75, 3.05) is 5.43 Å². The lowest BCUT2D eigenvalue weighted by atomic mass is 10.2. The monoisotopic (exact) mass is 262 g/mol. The Kier molecular flexibility index (Phi) is 3.79. The maximum atomic E-state index is 13.0. The average molecular weight is 262 g/mol. The van der Waals surface area contributed by atoms with Crippen LogP contribution in [-0.2, 0) is 0 Å². The molecule has 2 aromatic rings. The van der Waals surface area contributed by atoms with E-state index in [1.54, 1.807) is 0 Å². The number of hydrogen-bond donors (Lipinski definition) is 1. The van der Waals surface area contributed by atoms with Gasteiger partial charge in [0, 0.05) is 11.4 Å². The molecule has 0 saturated carbocycles. The van der Waals surface area contributed by atoms with Crippen LogP contribution in [0.15, 0.2) is 29.4 Å². The highest BCUT2D eigenvalue weighted by Crippen LogP contribution is 2.07. The lowest BCUT2D eigenvalue weighted by molar-refractivity contribution is 0.508. The van der Waals surface area contributed by atoms with E-state index in [1.807, 2.05) is 19.9 Å². The minimum absolute atomic E-state index is 0.358. The van der Waals surface area contributed by atoms with Crippen LogP contribution in [-0.4, -0.2) is 16.2 Å². The highest BCUT2D eigenvalue weighted by Gasteiger charge is 2.01. The molecule has 0 aliphatic rings. The lowest BCUT2D eigenvalue weighted by Gasteiger charge is -2.01. The van der Waals surface area contributed by atoms with E-state index in [2.05, 4.69) is 20.5 Å². The summed E-state index contributed by atoms with van der Waals surface area (Å²) in [7, 11) is 0. The van der Waals surface area contributed by atoms with Crippen LogP contribution in [0.4, 0.5) is 14.7 Å². The van der Waals surface area contributed by atoms with Crippen LogP contribution in [0.1, 0.15) is 17.0 Å². The topological polar surface area (TPSA) is 50.2 Å². The van der Waals surface area contributed by atoms with E-state index in [1.165, 1.54) is 12.3 Å². The summed E-state index contributed by atoms with van der Waals surface area (Å²) in [6.07, 6.45) is 1.36. The zero-order chi connectivity index (χ0) is 13.8. The third-order valence-electron chi connectivity index (χ3n) is 2.30. The van der Waals surface area contributed by atoms with Crippen LogP contribution in [0.25, 0.3) is 0 Å². The second-order valence-electron chi connectivity index (χ2n) is 4.02. The van der Waals surface area contributed by atoms with Gasteiger partial charge in [0.1, 0.15) is 0 Å². The Hall–Kier alpha value is -2.37. The standard InChI is InChI=1S/C13H12F2N4/c1-8-5-9(2)18-13(17-8)19-16-7-10-3-4-11(14)12(15)6-10/h3-7H,1-2H3,(H,17,18,19)/b16-7-. The van der Waals surface area contributed by atoms with E-state index in [9.17, 15) is 8.78 Å². The molecule has 1 aromatic heterocycles. The fourth-order valence-corrected chi connectivity index (χ4v) is 1.53. The Morgan fingerprint density at radius 3 is 2.37 bits per heavy atom. The van der Waals surface area contributed by atoms with Gasteiger partial charge in [-0.1, -0.05) is 6.07 Å². The van der Waals surface area contributed by atoms with Crippen molar-refractivity contribution in [3.63, 3.8) is 0 Å². The lowest BCUT2D eigenvalue weighted by Crippen LogP contribution is -1.99. The van der Waals surface area contributed by atoms with Gasteiger partial charge < -0.3 is 0 Å². The summed E-state index contributed by atoms with van der Waals surface area (Å²) in [5.74, 6) is -1.44. The van der Waals surface area contributed by atoms with Crippen molar-refractivity contribution >= 4 is 12.2 Å². The van der Waals surface area contributed by atoms with Crippen LogP contribution in [0.2, 0.25) is 0 Å². The molecule has 0 unspecified atom stereocenters. The molecule has 0 bridgehead atoms. The van der Waals surface area contributed by atoms with Gasteiger partial charge in [0.05, 0.1) is 6.21 Å². The van der Waals surface area contributed by atoms with E-state index < -0.39 is 11.6 Å². The van der Waals surface area contributed by atoms with Gasteiger partial charge >= 0.3 is 0 Å². The molecule has 0 aliphatic carbocycles. The number of hydrazone groups is 1. The molecule has 0 radical (unpaired) electrons. The van der Waals surface area contributed by atoms with Gasteiger partial charge in [0.15, 0.2) is 11.6 Å². The van der Waals surface area contributed by atoms with Gasteiger partial charge in [-0.15, -0.1) is 0 Å². The van der Waals surface area contributed by atoms with Gasteiger partial charge in [0.25, 0.3) is 0 Å².